The summed E-state index contributed by atoms with van der Waals surface area (Å²) >= 11 is 0. The van der Waals surface area contributed by atoms with Crippen LogP contribution in [-0.4, -0.2) is 47.1 Å². The Bertz CT molecular complexity index is 1670. The van der Waals surface area contributed by atoms with Gasteiger partial charge in [-0.25, -0.2) is 22.9 Å². The van der Waals surface area contributed by atoms with Crippen molar-refractivity contribution in [2.75, 3.05) is 11.3 Å². The van der Waals surface area contributed by atoms with E-state index in [4.69, 9.17) is 4.74 Å². The van der Waals surface area contributed by atoms with Crippen LogP contribution in [0.25, 0.3) is 11.3 Å². The van der Waals surface area contributed by atoms with E-state index in [0.717, 1.165) is 34.9 Å². The van der Waals surface area contributed by atoms with Crippen LogP contribution in [0.5, 0.6) is 5.88 Å². The van der Waals surface area contributed by atoms with Gasteiger partial charge in [0.05, 0.1) is 21.8 Å². The minimum Gasteiger partial charge on any atom is -0.478 e. The summed E-state index contributed by atoms with van der Waals surface area (Å²) in [6, 6.07) is 18.3. The zero-order chi connectivity index (χ0) is 31.2. The Morgan fingerprint density at radius 1 is 0.977 bits per heavy atom. The van der Waals surface area contributed by atoms with Crippen LogP contribution in [0.4, 0.5) is 5.95 Å². The van der Waals surface area contributed by atoms with Gasteiger partial charge in [-0.1, -0.05) is 51.1 Å². The van der Waals surface area contributed by atoms with Gasteiger partial charge >= 0.3 is 5.97 Å². The maximum absolute atomic E-state index is 13.3. The molecule has 0 aliphatic rings. The van der Waals surface area contributed by atoms with Gasteiger partial charge in [0, 0.05) is 30.4 Å². The van der Waals surface area contributed by atoms with Crippen LogP contribution in [0.3, 0.4) is 0 Å². The van der Waals surface area contributed by atoms with Crippen LogP contribution in [-0.2, 0) is 16.6 Å². The lowest BCUT2D eigenvalue weighted by atomic mass is 9.88. The number of carboxylic acids is 1. The monoisotopic (exact) mass is 603 g/mol. The minimum atomic E-state index is -4.21. The molecule has 4 rings (SSSR count). The lowest BCUT2D eigenvalue weighted by Crippen LogP contribution is -2.37. The summed E-state index contributed by atoms with van der Waals surface area (Å²) in [7, 11) is -4.21. The van der Waals surface area contributed by atoms with Crippen LogP contribution in [0.1, 0.15) is 54.4 Å². The van der Waals surface area contributed by atoms with E-state index in [-0.39, 0.29) is 40.4 Å². The van der Waals surface area contributed by atoms with Crippen molar-refractivity contribution >= 4 is 21.9 Å². The van der Waals surface area contributed by atoms with Crippen molar-refractivity contribution in [3.05, 3.63) is 95.3 Å². The molecule has 0 saturated carbocycles. The van der Waals surface area contributed by atoms with Gasteiger partial charge in [-0.2, -0.15) is 4.98 Å². The number of nitrogens with one attached hydrogen (secondary N) is 2. The van der Waals surface area contributed by atoms with Gasteiger partial charge in [0.25, 0.3) is 10.0 Å². The van der Waals surface area contributed by atoms with Crippen LogP contribution in [0.15, 0.2) is 77.8 Å². The highest BCUT2D eigenvalue weighted by molar-refractivity contribution is 7.92. The highest BCUT2D eigenvalue weighted by Gasteiger charge is 2.22. The van der Waals surface area contributed by atoms with E-state index < -0.39 is 16.0 Å². The van der Waals surface area contributed by atoms with Gasteiger partial charge in [0.2, 0.25) is 11.8 Å². The van der Waals surface area contributed by atoms with Gasteiger partial charge in [-0.15, -0.1) is 0 Å². The predicted octanol–water partition coefficient (Wildman–Crippen LogP) is 5.63. The van der Waals surface area contributed by atoms with Gasteiger partial charge < -0.3 is 15.2 Å². The molecule has 43 heavy (non-hydrogen) atoms. The number of aryl methyl sites for hydroxylation is 2. The lowest BCUT2D eigenvalue weighted by molar-refractivity contribution is 0.0696. The summed E-state index contributed by atoms with van der Waals surface area (Å²) in [4.78, 5) is 24.5. The normalized spacial score (nSPS) is 12.5. The first-order valence-electron chi connectivity index (χ1n) is 13.9. The number of anilines is 1. The predicted molar refractivity (Wildman–Crippen MR) is 166 cm³/mol. The van der Waals surface area contributed by atoms with Crippen LogP contribution in [0.2, 0.25) is 0 Å². The van der Waals surface area contributed by atoms with E-state index in [9.17, 15) is 18.3 Å². The first-order valence-corrected chi connectivity index (χ1v) is 15.4. The molecule has 0 radical (unpaired) electrons. The van der Waals surface area contributed by atoms with Gasteiger partial charge in [-0.05, 0) is 67.1 Å². The molecule has 1 atom stereocenters. The van der Waals surface area contributed by atoms with Gasteiger partial charge in [-0.3, -0.25) is 4.98 Å². The smallest absolute Gasteiger partial charge is 0.335 e. The largest absolute Gasteiger partial charge is 0.478 e. The third-order valence-corrected chi connectivity index (χ3v) is 7.97. The molecule has 0 fully saturated rings. The average molecular weight is 604 g/mol. The fourth-order valence-electron chi connectivity index (χ4n) is 4.73. The number of benzene rings is 2. The summed E-state index contributed by atoms with van der Waals surface area (Å²) in [5.41, 5.74) is 4.00. The molecule has 2 aromatic carbocycles. The molecule has 0 amide bonds. The molecule has 4 aromatic rings. The highest BCUT2D eigenvalue weighted by atomic mass is 32.2. The fraction of sp³-hybridized carbons (Fsp3) is 0.312. The molecule has 10 nitrogen and oxygen atoms in total. The number of hydrogen-bond acceptors (Lipinski definition) is 8. The minimum absolute atomic E-state index is 0.00548. The topological polar surface area (TPSA) is 143 Å². The van der Waals surface area contributed by atoms with Crippen molar-refractivity contribution in [2.24, 2.45) is 5.41 Å². The van der Waals surface area contributed by atoms with E-state index in [2.05, 4.69) is 45.8 Å². The molecule has 0 aliphatic heterocycles. The maximum Gasteiger partial charge on any atom is 0.335 e. The zero-order valence-corrected chi connectivity index (χ0v) is 25.8. The quantitative estimate of drug-likeness (QED) is 0.188. The van der Waals surface area contributed by atoms with E-state index in [1.807, 2.05) is 50.2 Å². The first kappa shape index (κ1) is 31.6. The molecular weight excluding hydrogens is 566 g/mol. The molecule has 226 valence electrons. The second-order valence-electron chi connectivity index (χ2n) is 11.6. The zero-order valence-electron chi connectivity index (χ0n) is 25.0. The van der Waals surface area contributed by atoms with Crippen molar-refractivity contribution in [1.29, 1.82) is 0 Å². The fourth-order valence-corrected chi connectivity index (χ4v) is 5.72. The van der Waals surface area contributed by atoms with Gasteiger partial charge in [0.15, 0.2) is 0 Å². The van der Waals surface area contributed by atoms with Gasteiger partial charge in [0.1, 0.15) is 6.61 Å². The molecule has 2 aromatic heterocycles. The number of carbonyl (C=O) groups is 1. The second kappa shape index (κ2) is 13.3. The maximum atomic E-state index is 13.3. The third kappa shape index (κ3) is 8.82. The summed E-state index contributed by atoms with van der Waals surface area (Å²) < 4.78 is 35.2. The van der Waals surface area contributed by atoms with Crippen molar-refractivity contribution in [1.82, 2.24) is 20.3 Å². The Labute approximate surface area is 252 Å². The SMILES string of the molecule is Cc1cccc(C)c1-c1cc(OCC(CC(C)(C)C)NCc2ccccn2)nc(NS(=O)(=O)c2cccc(C(=O)O)c2)n1. The number of rotatable bonds is 12. The van der Waals surface area contributed by atoms with E-state index in [1.165, 1.54) is 18.2 Å². The van der Waals surface area contributed by atoms with Crippen molar-refractivity contribution in [3.63, 3.8) is 0 Å². The molecular formula is C32H37N5O5S. The molecule has 2 heterocycles. The molecule has 0 aliphatic carbocycles. The number of aromatic carboxylic acids is 1. The third-order valence-electron chi connectivity index (χ3n) is 6.65. The number of hydrogen-bond donors (Lipinski definition) is 3. The summed E-state index contributed by atoms with van der Waals surface area (Å²) in [5, 5.41) is 12.9. The number of nitrogens with zero attached hydrogens (tertiary/aromatic N) is 3. The number of carboxylic acid groups (broad SMARTS) is 1. The van der Waals surface area contributed by atoms with Crippen LogP contribution >= 0.6 is 0 Å². The Morgan fingerprint density at radius 2 is 1.70 bits per heavy atom. The average Bonchev–Trinajstić information content (AvgIpc) is 2.94. The second-order valence-corrected chi connectivity index (χ2v) is 13.3. The summed E-state index contributed by atoms with van der Waals surface area (Å²) in [6.07, 6.45) is 2.55. The standard InChI is InChI=1S/C32H37N5O5S/c1-21-10-8-11-22(2)29(21)27-17-28(42-20-25(18-32(3,4)5)34-19-24-13-6-7-15-33-24)36-31(35-27)37-43(40,41)26-14-9-12-23(16-26)30(38)39/h6-17,25,34H,18-20H2,1-5H3,(H,38,39)(H,35,36,37). The van der Waals surface area contributed by atoms with Crippen molar-refractivity contribution in [3.8, 4) is 17.1 Å². The Kier molecular flexibility index (Phi) is 9.77. The van der Waals surface area contributed by atoms with Crippen LogP contribution < -0.4 is 14.8 Å². The van der Waals surface area contributed by atoms with Crippen molar-refractivity contribution < 1.29 is 23.1 Å². The number of aromatic nitrogens is 3. The number of pyridine rings is 1. The lowest BCUT2D eigenvalue weighted by Gasteiger charge is -2.27. The summed E-state index contributed by atoms with van der Waals surface area (Å²) in [6.45, 7) is 11.2. The number of sulfonamides is 1. The first-order chi connectivity index (χ1) is 20.3. The van der Waals surface area contributed by atoms with E-state index in [0.29, 0.717) is 12.2 Å². The molecule has 0 saturated heterocycles. The molecule has 1 unspecified atom stereocenters. The molecule has 0 bridgehead atoms. The van der Waals surface area contributed by atoms with Crippen LogP contribution in [0, 0.1) is 19.3 Å². The molecule has 0 spiro atoms. The van der Waals surface area contributed by atoms with E-state index >= 15 is 0 Å². The summed E-state index contributed by atoms with van der Waals surface area (Å²) in [5.74, 6) is -1.23. The Morgan fingerprint density at radius 3 is 2.35 bits per heavy atom. The Balaban J connectivity index is 1.66. The molecule has 11 heteroatoms. The van der Waals surface area contributed by atoms with Crippen molar-refractivity contribution in [2.45, 2.75) is 58.5 Å². The van der Waals surface area contributed by atoms with E-state index in [1.54, 1.807) is 12.3 Å². The number of ether oxygens (including phenoxy) is 1. The highest BCUT2D eigenvalue weighted by Crippen LogP contribution is 2.30. The molecule has 3 N–H and O–H groups in total. The Hall–Kier alpha value is -4.35.